The average Bonchev–Trinajstić information content (AvgIpc) is 2.71. The van der Waals surface area contributed by atoms with E-state index in [1.807, 2.05) is 25.3 Å². The maximum absolute atomic E-state index is 11.5. The molecule has 1 amide bonds. The lowest BCUT2D eigenvalue weighted by Gasteiger charge is -2.13. The Morgan fingerprint density at radius 1 is 1.56 bits per heavy atom. The number of amides is 1. The van der Waals surface area contributed by atoms with Crippen molar-refractivity contribution in [1.29, 1.82) is 0 Å². The second-order valence-corrected chi connectivity index (χ2v) is 5.19. The Labute approximate surface area is 101 Å². The third-order valence-corrected chi connectivity index (χ3v) is 3.43. The van der Waals surface area contributed by atoms with Crippen molar-refractivity contribution in [2.75, 3.05) is 6.54 Å². The van der Waals surface area contributed by atoms with Gasteiger partial charge in [-0.25, -0.2) is 0 Å². The molecule has 90 valence electrons. The van der Waals surface area contributed by atoms with Crippen LogP contribution in [0.2, 0.25) is 0 Å². The summed E-state index contributed by atoms with van der Waals surface area (Å²) in [6.07, 6.45) is 1.38. The Morgan fingerprint density at radius 2 is 2.31 bits per heavy atom. The Kier molecular flexibility index (Phi) is 5.49. The van der Waals surface area contributed by atoms with Crippen LogP contribution in [0.25, 0.3) is 0 Å². The molecule has 16 heavy (non-hydrogen) atoms. The first-order valence-corrected chi connectivity index (χ1v) is 6.54. The smallest absolute Gasteiger partial charge is 0.220 e. The molecule has 0 radical (unpaired) electrons. The lowest BCUT2D eigenvalue weighted by Crippen LogP contribution is -2.30. The van der Waals surface area contributed by atoms with Crippen LogP contribution in [0, 0.1) is 0 Å². The van der Waals surface area contributed by atoms with Crippen LogP contribution in [0.15, 0.2) is 17.5 Å². The minimum Gasteiger partial charge on any atom is -0.354 e. The molecule has 1 unspecified atom stereocenters. The normalized spacial score (nSPS) is 12.8. The first-order chi connectivity index (χ1) is 7.63. The third-order valence-electron chi connectivity index (χ3n) is 2.40. The molecule has 0 aromatic carbocycles. The fourth-order valence-electron chi connectivity index (χ4n) is 1.60. The van der Waals surface area contributed by atoms with E-state index < -0.39 is 0 Å². The zero-order valence-corrected chi connectivity index (χ0v) is 10.7. The highest BCUT2D eigenvalue weighted by molar-refractivity contribution is 7.10. The predicted octanol–water partition coefficient (Wildman–Crippen LogP) is 2.10. The molecule has 1 rings (SSSR count). The first kappa shape index (κ1) is 13.2. The summed E-state index contributed by atoms with van der Waals surface area (Å²) in [5.74, 6) is 0.433. The van der Waals surface area contributed by atoms with Crippen LogP contribution in [0.5, 0.6) is 0 Å². The number of nitrogens with two attached hydrogens (primary N) is 1. The average molecular weight is 240 g/mol. The molecule has 0 saturated carbocycles. The van der Waals surface area contributed by atoms with Crippen molar-refractivity contribution in [3.8, 4) is 0 Å². The van der Waals surface area contributed by atoms with Gasteiger partial charge in [-0.15, -0.1) is 11.3 Å². The van der Waals surface area contributed by atoms with Crippen molar-refractivity contribution >= 4 is 17.2 Å². The van der Waals surface area contributed by atoms with Gasteiger partial charge in [-0.2, -0.15) is 0 Å². The second-order valence-electron chi connectivity index (χ2n) is 4.21. The van der Waals surface area contributed by atoms with Gasteiger partial charge < -0.3 is 11.1 Å². The molecule has 0 spiro atoms. The van der Waals surface area contributed by atoms with Crippen LogP contribution in [-0.2, 0) is 4.79 Å². The van der Waals surface area contributed by atoms with Gasteiger partial charge in [0, 0.05) is 23.3 Å². The van der Waals surface area contributed by atoms with Crippen LogP contribution in [-0.4, -0.2) is 18.5 Å². The SMILES string of the molecule is CC(C)NC(=O)CCC(CN)c1cccs1. The summed E-state index contributed by atoms with van der Waals surface area (Å²) in [7, 11) is 0. The number of carbonyl (C=O) groups excluding carboxylic acids is 1. The van der Waals surface area contributed by atoms with E-state index >= 15 is 0 Å². The summed E-state index contributed by atoms with van der Waals surface area (Å²) in [6, 6.07) is 4.32. The van der Waals surface area contributed by atoms with Crippen LogP contribution < -0.4 is 11.1 Å². The molecular weight excluding hydrogens is 220 g/mol. The minimum absolute atomic E-state index is 0.116. The van der Waals surface area contributed by atoms with E-state index in [-0.39, 0.29) is 11.9 Å². The number of nitrogens with one attached hydrogen (secondary N) is 1. The van der Waals surface area contributed by atoms with E-state index in [9.17, 15) is 4.79 Å². The van der Waals surface area contributed by atoms with E-state index in [1.54, 1.807) is 11.3 Å². The first-order valence-electron chi connectivity index (χ1n) is 5.66. The lowest BCUT2D eigenvalue weighted by molar-refractivity contribution is -0.121. The maximum atomic E-state index is 11.5. The summed E-state index contributed by atoms with van der Waals surface area (Å²) >= 11 is 1.71. The van der Waals surface area contributed by atoms with E-state index in [2.05, 4.69) is 11.4 Å². The molecule has 1 aromatic heterocycles. The summed E-state index contributed by atoms with van der Waals surface area (Å²) < 4.78 is 0. The van der Waals surface area contributed by atoms with Crippen molar-refractivity contribution in [2.24, 2.45) is 5.73 Å². The highest BCUT2D eigenvalue weighted by Gasteiger charge is 2.13. The van der Waals surface area contributed by atoms with Gasteiger partial charge in [-0.05, 0) is 38.3 Å². The van der Waals surface area contributed by atoms with Crippen molar-refractivity contribution in [3.63, 3.8) is 0 Å². The Balaban J connectivity index is 2.38. The fraction of sp³-hybridized carbons (Fsp3) is 0.583. The monoisotopic (exact) mass is 240 g/mol. The summed E-state index contributed by atoms with van der Waals surface area (Å²) in [4.78, 5) is 12.8. The van der Waals surface area contributed by atoms with Gasteiger partial charge in [-0.3, -0.25) is 4.79 Å². The molecule has 0 aliphatic heterocycles. The number of rotatable bonds is 6. The number of hydrogen-bond donors (Lipinski definition) is 2. The standard InChI is InChI=1S/C12H20N2OS/c1-9(2)14-12(15)6-5-10(8-13)11-4-3-7-16-11/h3-4,7,9-10H,5-6,8,13H2,1-2H3,(H,14,15). The molecular formula is C12H20N2OS. The van der Waals surface area contributed by atoms with E-state index in [0.29, 0.717) is 18.9 Å². The number of thiophene rings is 1. The van der Waals surface area contributed by atoms with Crippen molar-refractivity contribution in [1.82, 2.24) is 5.32 Å². The van der Waals surface area contributed by atoms with Crippen LogP contribution in [0.3, 0.4) is 0 Å². The lowest BCUT2D eigenvalue weighted by atomic mass is 10.0. The van der Waals surface area contributed by atoms with Gasteiger partial charge in [-0.1, -0.05) is 6.07 Å². The quantitative estimate of drug-likeness (QED) is 0.800. The summed E-state index contributed by atoms with van der Waals surface area (Å²) in [6.45, 7) is 4.55. The molecule has 1 atom stereocenters. The topological polar surface area (TPSA) is 55.1 Å². The minimum atomic E-state index is 0.116. The zero-order valence-electron chi connectivity index (χ0n) is 9.90. The second kappa shape index (κ2) is 6.66. The highest BCUT2D eigenvalue weighted by Crippen LogP contribution is 2.24. The molecule has 1 aromatic rings. The van der Waals surface area contributed by atoms with E-state index in [1.165, 1.54) is 4.88 Å². The van der Waals surface area contributed by atoms with Gasteiger partial charge in [0.15, 0.2) is 0 Å². The summed E-state index contributed by atoms with van der Waals surface area (Å²) in [5.41, 5.74) is 5.73. The van der Waals surface area contributed by atoms with Crippen LogP contribution >= 0.6 is 11.3 Å². The Hall–Kier alpha value is -0.870. The third kappa shape index (κ3) is 4.33. The van der Waals surface area contributed by atoms with E-state index in [0.717, 1.165) is 6.42 Å². The molecule has 4 heteroatoms. The molecule has 0 saturated heterocycles. The Morgan fingerprint density at radius 3 is 2.81 bits per heavy atom. The van der Waals surface area contributed by atoms with Crippen LogP contribution in [0.4, 0.5) is 0 Å². The van der Waals surface area contributed by atoms with E-state index in [4.69, 9.17) is 5.73 Å². The number of carbonyl (C=O) groups is 1. The fourth-order valence-corrected chi connectivity index (χ4v) is 2.48. The molecule has 3 N–H and O–H groups in total. The van der Waals surface area contributed by atoms with Gasteiger partial charge in [0.05, 0.1) is 0 Å². The zero-order chi connectivity index (χ0) is 12.0. The molecule has 0 fully saturated rings. The highest BCUT2D eigenvalue weighted by atomic mass is 32.1. The molecule has 0 aliphatic rings. The predicted molar refractivity (Wildman–Crippen MR) is 68.6 cm³/mol. The van der Waals surface area contributed by atoms with Gasteiger partial charge in [0.1, 0.15) is 0 Å². The van der Waals surface area contributed by atoms with Gasteiger partial charge in [0.25, 0.3) is 0 Å². The van der Waals surface area contributed by atoms with Crippen molar-refractivity contribution < 1.29 is 4.79 Å². The number of hydrogen-bond acceptors (Lipinski definition) is 3. The molecule has 0 bridgehead atoms. The summed E-state index contributed by atoms with van der Waals surface area (Å²) in [5, 5.41) is 4.94. The van der Waals surface area contributed by atoms with Crippen LogP contribution in [0.1, 0.15) is 37.5 Å². The molecule has 0 aliphatic carbocycles. The van der Waals surface area contributed by atoms with Crippen molar-refractivity contribution in [3.05, 3.63) is 22.4 Å². The van der Waals surface area contributed by atoms with Crippen molar-refractivity contribution in [2.45, 2.75) is 38.6 Å². The molecule has 1 heterocycles. The van der Waals surface area contributed by atoms with Gasteiger partial charge >= 0.3 is 0 Å². The largest absolute Gasteiger partial charge is 0.354 e. The van der Waals surface area contributed by atoms with Gasteiger partial charge in [0.2, 0.25) is 5.91 Å². The maximum Gasteiger partial charge on any atom is 0.220 e. The Bertz CT molecular complexity index is 309. The molecule has 3 nitrogen and oxygen atoms in total.